The maximum Gasteiger partial charge on any atom is 0.241 e. The molecule has 0 saturated heterocycles. The van der Waals surface area contributed by atoms with Crippen molar-refractivity contribution in [2.45, 2.75) is 51.3 Å². The van der Waals surface area contributed by atoms with Gasteiger partial charge in [0.05, 0.1) is 17.2 Å². The minimum Gasteiger partial charge on any atom is -0.506 e. The zero-order valence-electron chi connectivity index (χ0n) is 18.7. The number of aliphatic hydroxyl groups excluding tert-OH is 1. The summed E-state index contributed by atoms with van der Waals surface area (Å²) in [5.41, 5.74) is 3.07. The number of hydrogen-bond acceptors (Lipinski definition) is 6. The molecule has 0 amide bonds. The zero-order chi connectivity index (χ0) is 23.5. The van der Waals surface area contributed by atoms with Crippen molar-refractivity contribution in [3.63, 3.8) is 0 Å². The third kappa shape index (κ3) is 5.45. The van der Waals surface area contributed by atoms with Crippen molar-refractivity contribution >= 4 is 15.7 Å². The number of nitrogens with zero attached hydrogens (tertiary/aromatic N) is 1. The monoisotopic (exact) mass is 455 g/mol. The summed E-state index contributed by atoms with van der Waals surface area (Å²) in [7, 11) is -3.72. The molecule has 4 N–H and O–H groups in total. The number of sulfonamides is 1. The molecule has 7 nitrogen and oxygen atoms in total. The van der Waals surface area contributed by atoms with Gasteiger partial charge < -0.3 is 15.5 Å². The summed E-state index contributed by atoms with van der Waals surface area (Å²) in [6, 6.07) is 14.3. The number of aliphatic hydroxyl groups is 1. The topological polar surface area (TPSA) is 112 Å². The molecule has 0 radical (unpaired) electrons. The van der Waals surface area contributed by atoms with Gasteiger partial charge in [0.15, 0.2) is 0 Å². The highest BCUT2D eigenvalue weighted by Gasteiger charge is 2.24. The Balaban J connectivity index is 1.93. The number of aromatic nitrogens is 1. The second-order valence-corrected chi connectivity index (χ2v) is 10.3. The van der Waals surface area contributed by atoms with E-state index in [1.807, 2.05) is 24.3 Å². The predicted molar refractivity (Wildman–Crippen MR) is 126 cm³/mol. The molecule has 0 saturated carbocycles. The van der Waals surface area contributed by atoms with Crippen LogP contribution in [0.15, 0.2) is 59.6 Å². The van der Waals surface area contributed by atoms with Crippen LogP contribution in [-0.4, -0.2) is 29.2 Å². The van der Waals surface area contributed by atoms with E-state index in [0.29, 0.717) is 22.4 Å². The smallest absolute Gasteiger partial charge is 0.241 e. The minimum absolute atomic E-state index is 0.0462. The number of benzene rings is 2. The first kappa shape index (κ1) is 23.7. The molecule has 3 rings (SSSR count). The minimum atomic E-state index is -3.72. The van der Waals surface area contributed by atoms with Gasteiger partial charge in [-0.2, -0.15) is 0 Å². The van der Waals surface area contributed by atoms with Gasteiger partial charge in [-0.05, 0) is 51.5 Å². The normalized spacial score (nSPS) is 12.0. The lowest BCUT2D eigenvalue weighted by molar-refractivity contribution is 0.279. The first-order valence-electron chi connectivity index (χ1n) is 10.3. The van der Waals surface area contributed by atoms with Crippen molar-refractivity contribution in [1.29, 1.82) is 0 Å². The molecule has 170 valence electrons. The van der Waals surface area contributed by atoms with E-state index in [-0.39, 0.29) is 23.8 Å². The Bertz CT molecular complexity index is 1220. The third-order valence-electron chi connectivity index (χ3n) is 4.86. The van der Waals surface area contributed by atoms with Crippen LogP contribution < -0.4 is 10.0 Å². The Hall–Kier alpha value is -2.94. The summed E-state index contributed by atoms with van der Waals surface area (Å²) in [4.78, 5) is 4.28. The van der Waals surface area contributed by atoms with Crippen LogP contribution in [0, 0.1) is 6.92 Å². The Labute approximate surface area is 189 Å². The number of aryl methyl sites for hydroxylation is 1. The summed E-state index contributed by atoms with van der Waals surface area (Å²) >= 11 is 0. The molecule has 0 aliphatic carbocycles. The second-order valence-electron chi connectivity index (χ2n) is 8.64. The van der Waals surface area contributed by atoms with Gasteiger partial charge in [0.2, 0.25) is 10.0 Å². The van der Waals surface area contributed by atoms with Gasteiger partial charge in [0.25, 0.3) is 0 Å². The SMILES string of the molecule is Cc1ncc(CO)c(CNc2cccc(-c3ccccc3S(=O)(=O)NC(C)(C)C)c2)c1O. The van der Waals surface area contributed by atoms with Gasteiger partial charge in [-0.25, -0.2) is 13.1 Å². The van der Waals surface area contributed by atoms with Gasteiger partial charge in [-0.1, -0.05) is 30.3 Å². The van der Waals surface area contributed by atoms with Crippen LogP contribution in [0.1, 0.15) is 37.6 Å². The van der Waals surface area contributed by atoms with Crippen molar-refractivity contribution in [1.82, 2.24) is 9.71 Å². The largest absolute Gasteiger partial charge is 0.506 e. The summed E-state index contributed by atoms with van der Waals surface area (Å²) in [6.45, 7) is 7.14. The van der Waals surface area contributed by atoms with Crippen molar-refractivity contribution in [2.75, 3.05) is 5.32 Å². The van der Waals surface area contributed by atoms with E-state index in [1.54, 1.807) is 58.2 Å². The lowest BCUT2D eigenvalue weighted by Crippen LogP contribution is -2.40. The molecular formula is C24H29N3O4S. The van der Waals surface area contributed by atoms with Crippen LogP contribution in [0.4, 0.5) is 5.69 Å². The highest BCUT2D eigenvalue weighted by Crippen LogP contribution is 2.30. The van der Waals surface area contributed by atoms with E-state index in [9.17, 15) is 18.6 Å². The number of aromatic hydroxyl groups is 1. The molecule has 1 heterocycles. The van der Waals surface area contributed by atoms with Crippen LogP contribution in [0.5, 0.6) is 5.75 Å². The van der Waals surface area contributed by atoms with Crippen molar-refractivity contribution in [2.24, 2.45) is 0 Å². The lowest BCUT2D eigenvalue weighted by Gasteiger charge is -2.21. The van der Waals surface area contributed by atoms with E-state index in [2.05, 4.69) is 15.0 Å². The molecule has 0 fully saturated rings. The molecule has 8 heteroatoms. The standard InChI is InChI=1S/C24H29N3O4S/c1-16-23(29)21(18(15-28)13-25-16)14-26-19-9-7-8-17(12-19)20-10-5-6-11-22(20)32(30,31)27-24(2,3)4/h5-13,26-29H,14-15H2,1-4H3. The molecule has 0 aliphatic rings. The fourth-order valence-corrected chi connectivity index (χ4v) is 5.05. The molecule has 32 heavy (non-hydrogen) atoms. The van der Waals surface area contributed by atoms with Crippen LogP contribution in [0.2, 0.25) is 0 Å². The van der Waals surface area contributed by atoms with E-state index < -0.39 is 15.6 Å². The second kappa shape index (κ2) is 9.28. The highest BCUT2D eigenvalue weighted by molar-refractivity contribution is 7.89. The van der Waals surface area contributed by atoms with Crippen molar-refractivity contribution < 1.29 is 18.6 Å². The number of anilines is 1. The van der Waals surface area contributed by atoms with Crippen LogP contribution in [-0.2, 0) is 23.2 Å². The van der Waals surface area contributed by atoms with E-state index in [1.165, 1.54) is 0 Å². The number of nitrogens with one attached hydrogen (secondary N) is 2. The van der Waals surface area contributed by atoms with Gasteiger partial charge in [-0.3, -0.25) is 4.98 Å². The molecule has 0 atom stereocenters. The molecule has 0 spiro atoms. The number of pyridine rings is 1. The van der Waals surface area contributed by atoms with Crippen LogP contribution in [0.3, 0.4) is 0 Å². The molecule has 3 aromatic rings. The van der Waals surface area contributed by atoms with Crippen molar-refractivity contribution in [3.05, 3.63) is 71.5 Å². The summed E-state index contributed by atoms with van der Waals surface area (Å²) in [5, 5.41) is 23.2. The van der Waals surface area contributed by atoms with Gasteiger partial charge >= 0.3 is 0 Å². The Morgan fingerprint density at radius 2 is 1.78 bits per heavy atom. The van der Waals surface area contributed by atoms with Gasteiger partial charge in [0.1, 0.15) is 5.75 Å². The summed E-state index contributed by atoms with van der Waals surface area (Å²) in [5.74, 6) is 0.0462. The highest BCUT2D eigenvalue weighted by atomic mass is 32.2. The summed E-state index contributed by atoms with van der Waals surface area (Å²) < 4.78 is 28.7. The molecule has 1 aromatic heterocycles. The Kier molecular flexibility index (Phi) is 6.88. The van der Waals surface area contributed by atoms with E-state index in [0.717, 1.165) is 11.3 Å². The maximum atomic E-state index is 13.0. The van der Waals surface area contributed by atoms with Crippen LogP contribution >= 0.6 is 0 Å². The number of rotatable bonds is 7. The van der Waals surface area contributed by atoms with Gasteiger partial charge in [0, 0.05) is 40.7 Å². The molecule has 2 aromatic carbocycles. The fourth-order valence-electron chi connectivity index (χ4n) is 3.40. The molecule has 0 bridgehead atoms. The van der Waals surface area contributed by atoms with E-state index >= 15 is 0 Å². The van der Waals surface area contributed by atoms with E-state index in [4.69, 9.17) is 0 Å². The summed E-state index contributed by atoms with van der Waals surface area (Å²) in [6.07, 6.45) is 1.55. The first-order valence-corrected chi connectivity index (χ1v) is 11.7. The molecular weight excluding hydrogens is 426 g/mol. The third-order valence-corrected chi connectivity index (χ3v) is 6.68. The van der Waals surface area contributed by atoms with Crippen molar-refractivity contribution in [3.8, 4) is 16.9 Å². The fraction of sp³-hybridized carbons (Fsp3) is 0.292. The van der Waals surface area contributed by atoms with Crippen LogP contribution in [0.25, 0.3) is 11.1 Å². The quantitative estimate of drug-likeness (QED) is 0.429. The first-order chi connectivity index (χ1) is 15.0. The Morgan fingerprint density at radius 1 is 1.06 bits per heavy atom. The maximum absolute atomic E-state index is 13.0. The predicted octanol–water partition coefficient (Wildman–Crippen LogP) is 3.94. The lowest BCUT2D eigenvalue weighted by atomic mass is 10.0. The zero-order valence-corrected chi connectivity index (χ0v) is 19.5. The van der Waals surface area contributed by atoms with Gasteiger partial charge in [-0.15, -0.1) is 0 Å². The number of hydrogen-bond donors (Lipinski definition) is 4. The Morgan fingerprint density at radius 3 is 2.47 bits per heavy atom. The molecule has 0 aliphatic heterocycles. The average Bonchev–Trinajstić information content (AvgIpc) is 2.73. The average molecular weight is 456 g/mol. The molecule has 0 unspecified atom stereocenters.